The van der Waals surface area contributed by atoms with Crippen molar-refractivity contribution in [3.63, 3.8) is 0 Å². The van der Waals surface area contributed by atoms with Gasteiger partial charge in [0.25, 0.3) is 0 Å². The Morgan fingerprint density at radius 3 is 2.43 bits per heavy atom. The van der Waals surface area contributed by atoms with E-state index >= 15 is 0 Å². The number of hydrogen-bond acceptors (Lipinski definition) is 4. The molecule has 3 rings (SSSR count). The maximum Gasteiger partial charge on any atom is 0.216 e. The van der Waals surface area contributed by atoms with Crippen LogP contribution in [-0.4, -0.2) is 30.7 Å². The molecule has 2 N–H and O–H groups in total. The fourth-order valence-electron chi connectivity index (χ4n) is 3.46. The zero-order valence-electron chi connectivity index (χ0n) is 17.0. The SMILES string of the molecule is CC(C)(C)S(=O)(=O)NC1CCC(CNc2cccc(-c3ccccn3)c2)CC1. The molecule has 28 heavy (non-hydrogen) atoms. The average Bonchev–Trinajstić information content (AvgIpc) is 2.67. The summed E-state index contributed by atoms with van der Waals surface area (Å²) in [4.78, 5) is 4.41. The molecule has 1 aromatic carbocycles. The van der Waals surface area contributed by atoms with Gasteiger partial charge in [0.2, 0.25) is 10.0 Å². The number of benzene rings is 1. The summed E-state index contributed by atoms with van der Waals surface area (Å²) in [5, 5.41) is 3.55. The minimum absolute atomic E-state index is 0.0629. The van der Waals surface area contributed by atoms with Crippen molar-refractivity contribution in [3.8, 4) is 11.3 Å². The zero-order chi connectivity index (χ0) is 20.2. The molecule has 1 aromatic heterocycles. The molecule has 1 saturated carbocycles. The van der Waals surface area contributed by atoms with Gasteiger partial charge in [0.05, 0.1) is 10.4 Å². The molecule has 0 atom stereocenters. The third kappa shape index (κ3) is 5.32. The van der Waals surface area contributed by atoms with E-state index in [2.05, 4.69) is 33.2 Å². The Morgan fingerprint density at radius 2 is 1.79 bits per heavy atom. The summed E-state index contributed by atoms with van der Waals surface area (Å²) in [6, 6.07) is 14.3. The van der Waals surface area contributed by atoms with Crippen molar-refractivity contribution < 1.29 is 8.42 Å². The minimum atomic E-state index is -3.27. The van der Waals surface area contributed by atoms with Gasteiger partial charge >= 0.3 is 0 Å². The highest BCUT2D eigenvalue weighted by atomic mass is 32.2. The van der Waals surface area contributed by atoms with E-state index in [0.29, 0.717) is 5.92 Å². The highest BCUT2D eigenvalue weighted by Crippen LogP contribution is 2.27. The average molecular weight is 402 g/mol. The first-order valence-electron chi connectivity index (χ1n) is 10.0. The van der Waals surface area contributed by atoms with E-state index in [1.807, 2.05) is 30.5 Å². The molecule has 0 saturated heterocycles. The summed E-state index contributed by atoms with van der Waals surface area (Å²) in [6.45, 7) is 6.13. The van der Waals surface area contributed by atoms with Gasteiger partial charge in [-0.25, -0.2) is 13.1 Å². The second-order valence-corrected chi connectivity index (χ2v) is 11.1. The van der Waals surface area contributed by atoms with E-state index in [1.165, 1.54) is 0 Å². The van der Waals surface area contributed by atoms with E-state index in [0.717, 1.165) is 49.2 Å². The Bertz CT molecular complexity index is 868. The lowest BCUT2D eigenvalue weighted by Gasteiger charge is -2.31. The number of rotatable bonds is 6. The lowest BCUT2D eigenvalue weighted by molar-refractivity contribution is 0.322. The summed E-state index contributed by atoms with van der Waals surface area (Å²) < 4.78 is 26.8. The Labute approximate surface area is 169 Å². The number of aromatic nitrogens is 1. The minimum Gasteiger partial charge on any atom is -0.385 e. The summed E-state index contributed by atoms with van der Waals surface area (Å²) >= 11 is 0. The monoisotopic (exact) mass is 401 g/mol. The zero-order valence-corrected chi connectivity index (χ0v) is 17.8. The maximum atomic E-state index is 12.3. The standard InChI is InChI=1S/C22H31N3O2S/c1-22(2,3)28(26,27)25-19-12-10-17(11-13-19)16-24-20-8-6-7-18(15-20)21-9-4-5-14-23-21/h4-9,14-15,17,19,24-25H,10-13,16H2,1-3H3. The van der Waals surface area contributed by atoms with Crippen LogP contribution in [0.15, 0.2) is 48.7 Å². The normalized spacial score (nSPS) is 20.7. The van der Waals surface area contributed by atoms with Gasteiger partial charge in [0, 0.05) is 30.0 Å². The van der Waals surface area contributed by atoms with Crippen molar-refractivity contribution >= 4 is 15.7 Å². The number of nitrogens with zero attached hydrogens (tertiary/aromatic N) is 1. The van der Waals surface area contributed by atoms with E-state index in [-0.39, 0.29) is 6.04 Å². The largest absolute Gasteiger partial charge is 0.385 e. The first-order chi connectivity index (χ1) is 13.2. The van der Waals surface area contributed by atoms with Gasteiger partial charge in [-0.2, -0.15) is 0 Å². The van der Waals surface area contributed by atoms with Crippen LogP contribution in [0.5, 0.6) is 0 Å². The summed E-state index contributed by atoms with van der Waals surface area (Å²) in [6.07, 6.45) is 5.67. The summed E-state index contributed by atoms with van der Waals surface area (Å²) in [5.74, 6) is 0.564. The Morgan fingerprint density at radius 1 is 1.04 bits per heavy atom. The van der Waals surface area contributed by atoms with Gasteiger partial charge in [-0.05, 0) is 76.6 Å². The molecular formula is C22H31N3O2S. The van der Waals surface area contributed by atoms with Gasteiger partial charge in [-0.15, -0.1) is 0 Å². The van der Waals surface area contributed by atoms with Crippen LogP contribution in [0.1, 0.15) is 46.5 Å². The van der Waals surface area contributed by atoms with E-state index in [1.54, 1.807) is 20.8 Å². The van der Waals surface area contributed by atoms with Crippen LogP contribution in [0.25, 0.3) is 11.3 Å². The number of hydrogen-bond donors (Lipinski definition) is 2. The molecule has 0 radical (unpaired) electrons. The van der Waals surface area contributed by atoms with E-state index in [4.69, 9.17) is 0 Å². The van der Waals surface area contributed by atoms with E-state index in [9.17, 15) is 8.42 Å². The predicted molar refractivity (Wildman–Crippen MR) is 116 cm³/mol. The van der Waals surface area contributed by atoms with Crippen molar-refractivity contribution in [3.05, 3.63) is 48.7 Å². The first-order valence-corrected chi connectivity index (χ1v) is 11.5. The van der Waals surface area contributed by atoms with Crippen molar-refractivity contribution in [1.82, 2.24) is 9.71 Å². The van der Waals surface area contributed by atoms with Gasteiger partial charge in [-0.3, -0.25) is 4.98 Å². The second kappa shape index (κ2) is 8.62. The number of nitrogens with one attached hydrogen (secondary N) is 2. The fourth-order valence-corrected chi connectivity index (χ4v) is 4.49. The van der Waals surface area contributed by atoms with Crippen LogP contribution < -0.4 is 10.0 Å². The Kier molecular flexibility index (Phi) is 6.40. The Balaban J connectivity index is 1.50. The van der Waals surface area contributed by atoms with Crippen LogP contribution in [-0.2, 0) is 10.0 Å². The topological polar surface area (TPSA) is 71.1 Å². The van der Waals surface area contributed by atoms with Gasteiger partial charge in [0.1, 0.15) is 0 Å². The molecule has 5 nitrogen and oxygen atoms in total. The van der Waals surface area contributed by atoms with Crippen LogP contribution in [0.3, 0.4) is 0 Å². The molecule has 0 unspecified atom stereocenters. The molecule has 0 bridgehead atoms. The van der Waals surface area contributed by atoms with Crippen molar-refractivity contribution in [1.29, 1.82) is 0 Å². The van der Waals surface area contributed by atoms with Crippen LogP contribution in [0.2, 0.25) is 0 Å². The van der Waals surface area contributed by atoms with Gasteiger partial charge < -0.3 is 5.32 Å². The number of anilines is 1. The number of sulfonamides is 1. The van der Waals surface area contributed by atoms with Crippen LogP contribution >= 0.6 is 0 Å². The molecule has 1 heterocycles. The van der Waals surface area contributed by atoms with Crippen molar-refractivity contribution in [2.75, 3.05) is 11.9 Å². The third-order valence-electron chi connectivity index (χ3n) is 5.39. The van der Waals surface area contributed by atoms with Crippen molar-refractivity contribution in [2.45, 2.75) is 57.2 Å². The van der Waals surface area contributed by atoms with Gasteiger partial charge in [-0.1, -0.05) is 18.2 Å². The molecule has 0 spiro atoms. The maximum absolute atomic E-state index is 12.3. The molecule has 6 heteroatoms. The Hall–Kier alpha value is -1.92. The fraction of sp³-hybridized carbons (Fsp3) is 0.500. The van der Waals surface area contributed by atoms with Gasteiger partial charge in [0.15, 0.2) is 0 Å². The summed E-state index contributed by atoms with van der Waals surface area (Å²) in [5.41, 5.74) is 3.17. The van der Waals surface area contributed by atoms with Crippen LogP contribution in [0.4, 0.5) is 5.69 Å². The highest BCUT2D eigenvalue weighted by molar-refractivity contribution is 7.90. The lowest BCUT2D eigenvalue weighted by atomic mass is 9.86. The number of pyridine rings is 1. The van der Waals surface area contributed by atoms with Crippen molar-refractivity contribution in [2.24, 2.45) is 5.92 Å². The third-order valence-corrected chi connectivity index (χ3v) is 7.65. The second-order valence-electron chi connectivity index (χ2n) is 8.63. The molecule has 1 aliphatic carbocycles. The molecule has 152 valence electrons. The van der Waals surface area contributed by atoms with E-state index < -0.39 is 14.8 Å². The lowest BCUT2D eigenvalue weighted by Crippen LogP contribution is -2.46. The highest BCUT2D eigenvalue weighted by Gasteiger charge is 2.32. The molecule has 1 fully saturated rings. The molecular weight excluding hydrogens is 370 g/mol. The smallest absolute Gasteiger partial charge is 0.216 e. The molecule has 1 aliphatic rings. The molecule has 2 aromatic rings. The quantitative estimate of drug-likeness (QED) is 0.751. The van der Waals surface area contributed by atoms with Crippen LogP contribution in [0, 0.1) is 5.92 Å². The summed E-state index contributed by atoms with van der Waals surface area (Å²) in [7, 11) is -3.27. The predicted octanol–water partition coefficient (Wildman–Crippen LogP) is 4.44. The first kappa shape index (κ1) is 20.8. The molecule has 0 aliphatic heterocycles. The molecule has 0 amide bonds.